The van der Waals surface area contributed by atoms with Gasteiger partial charge in [-0.3, -0.25) is 0 Å². The smallest absolute Gasteiger partial charge is 0.191 e. The molecular formula is C19H32IN3O2. The number of hydrogen-bond acceptors (Lipinski definition) is 3. The topological polar surface area (TPSA) is 54.9 Å². The van der Waals surface area contributed by atoms with Crippen LogP contribution in [-0.2, 0) is 11.3 Å². The largest absolute Gasteiger partial charge is 0.497 e. The van der Waals surface area contributed by atoms with Gasteiger partial charge in [0, 0.05) is 26.8 Å². The zero-order valence-electron chi connectivity index (χ0n) is 15.6. The van der Waals surface area contributed by atoms with Crippen molar-refractivity contribution in [2.45, 2.75) is 39.2 Å². The number of nitrogens with zero attached hydrogens (tertiary/aromatic N) is 1. The van der Waals surface area contributed by atoms with Crippen LogP contribution in [0.5, 0.6) is 5.75 Å². The molecule has 25 heavy (non-hydrogen) atoms. The molecule has 0 bridgehead atoms. The van der Waals surface area contributed by atoms with E-state index in [1.807, 2.05) is 18.2 Å². The molecule has 2 rings (SSSR count). The van der Waals surface area contributed by atoms with Crippen molar-refractivity contribution in [2.75, 3.05) is 33.9 Å². The zero-order valence-corrected chi connectivity index (χ0v) is 18.0. The lowest BCUT2D eigenvalue weighted by atomic mass is 9.67. The van der Waals surface area contributed by atoms with Gasteiger partial charge in [0.1, 0.15) is 5.75 Å². The van der Waals surface area contributed by atoms with Crippen molar-refractivity contribution in [3.63, 3.8) is 0 Å². The fourth-order valence-electron chi connectivity index (χ4n) is 3.06. The maximum absolute atomic E-state index is 5.27. The molecule has 6 heteroatoms. The lowest BCUT2D eigenvalue weighted by Gasteiger charge is -2.42. The molecule has 142 valence electrons. The molecule has 5 nitrogen and oxygen atoms in total. The quantitative estimate of drug-likeness (QED) is 0.336. The van der Waals surface area contributed by atoms with E-state index < -0.39 is 0 Å². The van der Waals surface area contributed by atoms with Crippen molar-refractivity contribution >= 4 is 29.9 Å². The van der Waals surface area contributed by atoms with E-state index in [4.69, 9.17) is 14.5 Å². The summed E-state index contributed by atoms with van der Waals surface area (Å²) in [5, 5.41) is 6.86. The molecule has 0 aromatic heterocycles. The minimum absolute atomic E-state index is 0. The summed E-state index contributed by atoms with van der Waals surface area (Å²) in [6.07, 6.45) is 4.99. The number of benzene rings is 1. The van der Waals surface area contributed by atoms with E-state index in [1.54, 1.807) is 14.2 Å². The molecular weight excluding hydrogens is 429 g/mol. The summed E-state index contributed by atoms with van der Waals surface area (Å²) in [7, 11) is 3.46. The normalized spacial score (nSPS) is 15.7. The number of methoxy groups -OCH3 is 2. The summed E-state index contributed by atoms with van der Waals surface area (Å²) in [5.74, 6) is 1.75. The first-order valence-corrected chi connectivity index (χ1v) is 8.85. The van der Waals surface area contributed by atoms with E-state index in [-0.39, 0.29) is 24.0 Å². The van der Waals surface area contributed by atoms with E-state index in [2.05, 4.69) is 23.6 Å². The Bertz CT molecular complexity index is 533. The van der Waals surface area contributed by atoms with Gasteiger partial charge in [0.25, 0.3) is 0 Å². The maximum Gasteiger partial charge on any atom is 0.191 e. The highest BCUT2D eigenvalue weighted by molar-refractivity contribution is 14.0. The number of halogens is 1. The second kappa shape index (κ2) is 11.6. The second-order valence-electron chi connectivity index (χ2n) is 6.50. The first-order valence-electron chi connectivity index (χ1n) is 8.85. The van der Waals surface area contributed by atoms with Crippen molar-refractivity contribution in [3.8, 4) is 5.75 Å². The van der Waals surface area contributed by atoms with Gasteiger partial charge in [-0.25, -0.2) is 4.99 Å². The van der Waals surface area contributed by atoms with Crippen LogP contribution in [0.15, 0.2) is 29.3 Å². The summed E-state index contributed by atoms with van der Waals surface area (Å²) in [4.78, 5) is 4.71. The summed E-state index contributed by atoms with van der Waals surface area (Å²) in [5.41, 5.74) is 1.52. The minimum Gasteiger partial charge on any atom is -0.497 e. The minimum atomic E-state index is 0. The molecule has 0 aliphatic heterocycles. The first-order chi connectivity index (χ1) is 11.7. The third-order valence-corrected chi connectivity index (χ3v) is 4.78. The molecule has 0 unspecified atom stereocenters. The number of ether oxygens (including phenoxy) is 2. The van der Waals surface area contributed by atoms with Crippen LogP contribution in [0.4, 0.5) is 0 Å². The van der Waals surface area contributed by atoms with Crippen molar-refractivity contribution in [3.05, 3.63) is 29.8 Å². The average Bonchev–Trinajstić information content (AvgIpc) is 2.58. The van der Waals surface area contributed by atoms with Gasteiger partial charge in [-0.1, -0.05) is 18.6 Å². The molecule has 0 saturated heterocycles. The van der Waals surface area contributed by atoms with Gasteiger partial charge in [-0.2, -0.15) is 0 Å². The molecule has 0 heterocycles. The number of rotatable bonds is 9. The second-order valence-corrected chi connectivity index (χ2v) is 6.50. The van der Waals surface area contributed by atoms with E-state index in [1.165, 1.54) is 19.3 Å². The number of hydrogen-bond donors (Lipinski definition) is 2. The number of nitrogens with one attached hydrogen (secondary N) is 2. The van der Waals surface area contributed by atoms with Gasteiger partial charge < -0.3 is 20.1 Å². The maximum atomic E-state index is 5.27. The molecule has 0 atom stereocenters. The standard InChI is InChI=1S/C19H31N3O2.HI/c1-4-20-18(21-14-16-7-5-8-17(13-16)24-3)22-15-19(9-6-10-19)11-12-23-2;/h5,7-8,13H,4,6,9-12,14-15H2,1-3H3,(H2,20,21,22);1H. The SMILES string of the molecule is CCNC(=NCc1cccc(OC)c1)NCC1(CCOC)CCC1.I. The summed E-state index contributed by atoms with van der Waals surface area (Å²) in [6, 6.07) is 8.05. The van der Waals surface area contributed by atoms with Gasteiger partial charge in [-0.05, 0) is 49.3 Å². The summed E-state index contributed by atoms with van der Waals surface area (Å²) in [6.45, 7) is 5.37. The molecule has 1 aliphatic rings. The third kappa shape index (κ3) is 7.01. The van der Waals surface area contributed by atoms with E-state index in [0.717, 1.165) is 43.4 Å². The van der Waals surface area contributed by atoms with Crippen LogP contribution in [-0.4, -0.2) is 39.9 Å². The molecule has 1 aliphatic carbocycles. The van der Waals surface area contributed by atoms with Gasteiger partial charge in [0.2, 0.25) is 0 Å². The van der Waals surface area contributed by atoms with Crippen LogP contribution < -0.4 is 15.4 Å². The summed E-state index contributed by atoms with van der Waals surface area (Å²) < 4.78 is 10.5. The Hall–Kier alpha value is -1.02. The fourth-order valence-corrected chi connectivity index (χ4v) is 3.06. The van der Waals surface area contributed by atoms with Gasteiger partial charge in [-0.15, -0.1) is 24.0 Å². The van der Waals surface area contributed by atoms with Crippen molar-refractivity contribution < 1.29 is 9.47 Å². The molecule has 1 aromatic carbocycles. The van der Waals surface area contributed by atoms with Crippen LogP contribution in [0, 0.1) is 5.41 Å². The molecule has 0 radical (unpaired) electrons. The predicted octanol–water partition coefficient (Wildman–Crippen LogP) is 3.58. The highest BCUT2D eigenvalue weighted by atomic mass is 127. The van der Waals surface area contributed by atoms with Crippen LogP contribution in [0.1, 0.15) is 38.2 Å². The third-order valence-electron chi connectivity index (χ3n) is 4.78. The lowest BCUT2D eigenvalue weighted by Crippen LogP contribution is -2.46. The Kier molecular flexibility index (Phi) is 10.2. The molecule has 1 aromatic rings. The molecule has 2 N–H and O–H groups in total. The van der Waals surface area contributed by atoms with Crippen LogP contribution in [0.3, 0.4) is 0 Å². The Morgan fingerprint density at radius 3 is 2.64 bits per heavy atom. The molecule has 0 amide bonds. The highest BCUT2D eigenvalue weighted by Gasteiger charge is 2.36. The van der Waals surface area contributed by atoms with E-state index in [0.29, 0.717) is 12.0 Å². The van der Waals surface area contributed by atoms with Crippen LogP contribution in [0.25, 0.3) is 0 Å². The Labute approximate surface area is 169 Å². The zero-order chi connectivity index (χ0) is 17.3. The molecule has 0 spiro atoms. The fraction of sp³-hybridized carbons (Fsp3) is 0.632. The Morgan fingerprint density at radius 1 is 1.24 bits per heavy atom. The molecule has 1 fully saturated rings. The van der Waals surface area contributed by atoms with E-state index in [9.17, 15) is 0 Å². The van der Waals surface area contributed by atoms with Crippen molar-refractivity contribution in [2.24, 2.45) is 10.4 Å². The average molecular weight is 461 g/mol. The van der Waals surface area contributed by atoms with Gasteiger partial charge >= 0.3 is 0 Å². The highest BCUT2D eigenvalue weighted by Crippen LogP contribution is 2.43. The summed E-state index contributed by atoms with van der Waals surface area (Å²) >= 11 is 0. The van der Waals surface area contributed by atoms with Gasteiger partial charge in [0.15, 0.2) is 5.96 Å². The van der Waals surface area contributed by atoms with Crippen molar-refractivity contribution in [1.29, 1.82) is 0 Å². The number of guanidine groups is 1. The monoisotopic (exact) mass is 461 g/mol. The first kappa shape index (κ1) is 22.0. The van der Waals surface area contributed by atoms with Crippen LogP contribution >= 0.6 is 24.0 Å². The van der Waals surface area contributed by atoms with Crippen LogP contribution in [0.2, 0.25) is 0 Å². The number of aliphatic imine (C=N–C) groups is 1. The van der Waals surface area contributed by atoms with E-state index >= 15 is 0 Å². The Balaban J connectivity index is 0.00000312. The van der Waals surface area contributed by atoms with Crippen molar-refractivity contribution in [1.82, 2.24) is 10.6 Å². The Morgan fingerprint density at radius 2 is 2.04 bits per heavy atom. The molecule has 1 saturated carbocycles. The lowest BCUT2D eigenvalue weighted by molar-refractivity contribution is 0.0732. The predicted molar refractivity (Wildman–Crippen MR) is 114 cm³/mol. The van der Waals surface area contributed by atoms with Gasteiger partial charge in [0.05, 0.1) is 13.7 Å².